The summed E-state index contributed by atoms with van der Waals surface area (Å²) in [4.78, 5) is 8.21. The van der Waals surface area contributed by atoms with Gasteiger partial charge in [-0.1, -0.05) is 12.1 Å². The van der Waals surface area contributed by atoms with E-state index < -0.39 is 0 Å². The number of anilines is 2. The Morgan fingerprint density at radius 2 is 2.00 bits per heavy atom. The molecule has 2 rings (SSSR count). The normalized spacial score (nSPS) is 11.9. The minimum absolute atomic E-state index is 0.130. The van der Waals surface area contributed by atoms with Crippen molar-refractivity contribution in [3.05, 3.63) is 42.2 Å². The van der Waals surface area contributed by atoms with Gasteiger partial charge in [0.15, 0.2) is 0 Å². The standard InChI is InChI=1S/C14H18N4O/c1-3-19-14-8-13(16-9-17-14)18-10(2)11-4-6-12(15)7-5-11/h4-10H,3,15H2,1-2H3,(H,16,17,18). The van der Waals surface area contributed by atoms with Crippen LogP contribution < -0.4 is 15.8 Å². The lowest BCUT2D eigenvalue weighted by atomic mass is 10.1. The Labute approximate surface area is 112 Å². The van der Waals surface area contributed by atoms with E-state index in [0.29, 0.717) is 12.5 Å². The van der Waals surface area contributed by atoms with Crippen LogP contribution in [0.3, 0.4) is 0 Å². The van der Waals surface area contributed by atoms with Crippen LogP contribution in [0.5, 0.6) is 5.88 Å². The maximum Gasteiger partial charge on any atom is 0.218 e. The zero-order chi connectivity index (χ0) is 13.7. The van der Waals surface area contributed by atoms with Crippen LogP contribution in [0, 0.1) is 0 Å². The lowest BCUT2D eigenvalue weighted by molar-refractivity contribution is 0.326. The highest BCUT2D eigenvalue weighted by molar-refractivity contribution is 5.44. The van der Waals surface area contributed by atoms with E-state index in [4.69, 9.17) is 10.5 Å². The first-order chi connectivity index (χ1) is 9.19. The number of benzene rings is 1. The summed E-state index contributed by atoms with van der Waals surface area (Å²) in [5.74, 6) is 1.31. The second-order valence-electron chi connectivity index (χ2n) is 4.21. The van der Waals surface area contributed by atoms with Gasteiger partial charge >= 0.3 is 0 Å². The van der Waals surface area contributed by atoms with Crippen molar-refractivity contribution in [3.63, 3.8) is 0 Å². The molecule has 0 bridgehead atoms. The highest BCUT2D eigenvalue weighted by atomic mass is 16.5. The molecule has 1 unspecified atom stereocenters. The lowest BCUT2D eigenvalue weighted by Gasteiger charge is -2.15. The van der Waals surface area contributed by atoms with Crippen molar-refractivity contribution < 1.29 is 4.74 Å². The summed E-state index contributed by atoms with van der Waals surface area (Å²) >= 11 is 0. The van der Waals surface area contributed by atoms with Crippen molar-refractivity contribution in [2.75, 3.05) is 17.7 Å². The molecule has 0 spiro atoms. The molecule has 3 N–H and O–H groups in total. The quantitative estimate of drug-likeness (QED) is 0.806. The van der Waals surface area contributed by atoms with Gasteiger partial charge in [-0.2, -0.15) is 0 Å². The number of nitrogens with one attached hydrogen (secondary N) is 1. The fourth-order valence-corrected chi connectivity index (χ4v) is 1.74. The first-order valence-corrected chi connectivity index (χ1v) is 6.26. The van der Waals surface area contributed by atoms with E-state index in [0.717, 1.165) is 17.1 Å². The van der Waals surface area contributed by atoms with Crippen LogP contribution in [0.2, 0.25) is 0 Å². The summed E-state index contributed by atoms with van der Waals surface area (Å²) in [6, 6.07) is 9.69. The van der Waals surface area contributed by atoms with Crippen LogP contribution in [0.4, 0.5) is 11.5 Å². The minimum atomic E-state index is 0.130. The molecule has 0 saturated carbocycles. The topological polar surface area (TPSA) is 73.1 Å². The molecule has 1 aromatic heterocycles. The van der Waals surface area contributed by atoms with Crippen LogP contribution >= 0.6 is 0 Å². The molecule has 0 fully saturated rings. The van der Waals surface area contributed by atoms with Gasteiger partial charge in [-0.05, 0) is 31.5 Å². The molecule has 0 aliphatic rings. The van der Waals surface area contributed by atoms with Gasteiger partial charge < -0.3 is 15.8 Å². The zero-order valence-corrected chi connectivity index (χ0v) is 11.1. The van der Waals surface area contributed by atoms with E-state index in [1.807, 2.05) is 31.2 Å². The number of ether oxygens (including phenoxy) is 1. The molecule has 0 aliphatic carbocycles. The fourth-order valence-electron chi connectivity index (χ4n) is 1.74. The van der Waals surface area contributed by atoms with Gasteiger partial charge in [-0.25, -0.2) is 9.97 Å². The molecule has 1 aromatic carbocycles. The van der Waals surface area contributed by atoms with E-state index >= 15 is 0 Å². The van der Waals surface area contributed by atoms with Gasteiger partial charge in [0.2, 0.25) is 5.88 Å². The highest BCUT2D eigenvalue weighted by Crippen LogP contribution is 2.20. The van der Waals surface area contributed by atoms with Crippen LogP contribution in [0.1, 0.15) is 25.5 Å². The van der Waals surface area contributed by atoms with E-state index in [2.05, 4.69) is 22.2 Å². The number of nitrogen functional groups attached to an aromatic ring is 1. The third-order valence-corrected chi connectivity index (χ3v) is 2.74. The van der Waals surface area contributed by atoms with Gasteiger partial charge in [0.05, 0.1) is 6.61 Å². The lowest BCUT2D eigenvalue weighted by Crippen LogP contribution is -2.08. The van der Waals surface area contributed by atoms with Crippen molar-refractivity contribution in [3.8, 4) is 5.88 Å². The molecule has 0 amide bonds. The Morgan fingerprint density at radius 1 is 1.26 bits per heavy atom. The van der Waals surface area contributed by atoms with E-state index in [1.165, 1.54) is 6.33 Å². The van der Waals surface area contributed by atoms with Crippen LogP contribution in [-0.2, 0) is 0 Å². The molecule has 1 atom stereocenters. The van der Waals surface area contributed by atoms with Gasteiger partial charge in [-0.3, -0.25) is 0 Å². The van der Waals surface area contributed by atoms with Crippen molar-refractivity contribution in [1.29, 1.82) is 0 Å². The largest absolute Gasteiger partial charge is 0.478 e. The first kappa shape index (κ1) is 13.1. The molecule has 0 saturated heterocycles. The van der Waals surface area contributed by atoms with Gasteiger partial charge in [-0.15, -0.1) is 0 Å². The summed E-state index contributed by atoms with van der Waals surface area (Å²) in [6.45, 7) is 4.57. The fraction of sp³-hybridized carbons (Fsp3) is 0.286. The SMILES string of the molecule is CCOc1cc(NC(C)c2ccc(N)cc2)ncn1. The predicted molar refractivity (Wildman–Crippen MR) is 76.1 cm³/mol. The molecular formula is C14H18N4O. The third kappa shape index (κ3) is 3.58. The second kappa shape index (κ2) is 6.04. The van der Waals surface area contributed by atoms with E-state index in [9.17, 15) is 0 Å². The van der Waals surface area contributed by atoms with Gasteiger partial charge in [0, 0.05) is 17.8 Å². The molecular weight excluding hydrogens is 240 g/mol. The smallest absolute Gasteiger partial charge is 0.218 e. The molecule has 2 aromatic rings. The molecule has 0 aliphatic heterocycles. The third-order valence-electron chi connectivity index (χ3n) is 2.74. The van der Waals surface area contributed by atoms with Gasteiger partial charge in [0.1, 0.15) is 12.1 Å². The minimum Gasteiger partial charge on any atom is -0.478 e. The summed E-state index contributed by atoms with van der Waals surface area (Å²) in [5, 5.41) is 3.30. The number of aromatic nitrogens is 2. The number of nitrogens with zero attached hydrogens (tertiary/aromatic N) is 2. The summed E-state index contributed by atoms with van der Waals surface area (Å²) in [6.07, 6.45) is 1.49. The Bertz CT molecular complexity index is 527. The van der Waals surface area contributed by atoms with Crippen LogP contribution in [0.25, 0.3) is 0 Å². The van der Waals surface area contributed by atoms with Gasteiger partial charge in [0.25, 0.3) is 0 Å². The number of hydrogen-bond donors (Lipinski definition) is 2. The molecule has 100 valence electrons. The van der Waals surface area contributed by atoms with Crippen molar-refractivity contribution in [2.45, 2.75) is 19.9 Å². The summed E-state index contributed by atoms with van der Waals surface area (Å²) < 4.78 is 5.34. The average molecular weight is 258 g/mol. The maximum atomic E-state index is 5.68. The Morgan fingerprint density at radius 3 is 2.68 bits per heavy atom. The average Bonchev–Trinajstić information content (AvgIpc) is 2.40. The monoisotopic (exact) mass is 258 g/mol. The number of rotatable bonds is 5. The Balaban J connectivity index is 2.07. The van der Waals surface area contributed by atoms with Crippen molar-refractivity contribution >= 4 is 11.5 Å². The first-order valence-electron chi connectivity index (χ1n) is 6.26. The highest BCUT2D eigenvalue weighted by Gasteiger charge is 2.07. The second-order valence-corrected chi connectivity index (χ2v) is 4.21. The molecule has 1 heterocycles. The molecule has 0 radical (unpaired) electrons. The Hall–Kier alpha value is -2.30. The van der Waals surface area contributed by atoms with E-state index in [1.54, 1.807) is 6.07 Å². The van der Waals surface area contributed by atoms with Crippen LogP contribution in [-0.4, -0.2) is 16.6 Å². The Kier molecular flexibility index (Phi) is 4.18. The van der Waals surface area contributed by atoms with Crippen molar-refractivity contribution in [2.24, 2.45) is 0 Å². The van der Waals surface area contributed by atoms with Crippen molar-refractivity contribution in [1.82, 2.24) is 9.97 Å². The summed E-state index contributed by atoms with van der Waals surface area (Å²) in [7, 11) is 0. The maximum absolute atomic E-state index is 5.68. The number of nitrogens with two attached hydrogens (primary N) is 1. The molecule has 19 heavy (non-hydrogen) atoms. The van der Waals surface area contributed by atoms with Crippen LogP contribution in [0.15, 0.2) is 36.7 Å². The molecule has 5 heteroatoms. The predicted octanol–water partition coefficient (Wildman–Crippen LogP) is 2.63. The zero-order valence-electron chi connectivity index (χ0n) is 11.1. The van der Waals surface area contributed by atoms with E-state index in [-0.39, 0.29) is 6.04 Å². The number of hydrogen-bond acceptors (Lipinski definition) is 5. The molecule has 5 nitrogen and oxygen atoms in total. The summed E-state index contributed by atoms with van der Waals surface area (Å²) in [5.41, 5.74) is 7.58.